The Morgan fingerprint density at radius 1 is 0.299 bits per heavy atom. The molecule has 0 N–H and O–H groups in total. The number of fused-ring (bicyclic) bond motifs is 22. The highest BCUT2D eigenvalue weighted by atomic mass is 32.2. The number of anilines is 9. The summed E-state index contributed by atoms with van der Waals surface area (Å²) in [7, 11) is 0. The van der Waals surface area contributed by atoms with Gasteiger partial charge in [-0.3, -0.25) is 0 Å². The largest absolute Gasteiger partial charge is 0.311 e. The molecule has 22 rings (SSSR count). The van der Waals surface area contributed by atoms with Crippen LogP contribution in [-0.4, -0.2) is 13.4 Å². The molecule has 0 fully saturated rings. The highest BCUT2D eigenvalue weighted by Gasteiger charge is 2.48. The summed E-state index contributed by atoms with van der Waals surface area (Å²) in [4.78, 5) is 10.6. The van der Waals surface area contributed by atoms with Crippen molar-refractivity contribution in [3.8, 4) is 22.3 Å². The van der Waals surface area contributed by atoms with Crippen LogP contribution in [0.3, 0.4) is 0 Å². The van der Waals surface area contributed by atoms with Gasteiger partial charge in [0.25, 0.3) is 6.71 Å². The predicted molar refractivity (Wildman–Crippen MR) is 417 cm³/mol. The van der Waals surface area contributed by atoms with Crippen LogP contribution in [0.1, 0.15) is 51.3 Å². The van der Waals surface area contributed by atoms with Gasteiger partial charge in [-0.15, -0.1) is 0 Å². The molecule has 16 aromatic carbocycles. The van der Waals surface area contributed by atoms with E-state index in [4.69, 9.17) is 0 Å². The molecule has 0 aromatic heterocycles. The van der Waals surface area contributed by atoms with Crippen molar-refractivity contribution in [2.75, 3.05) is 14.7 Å². The summed E-state index contributed by atoms with van der Waals surface area (Å²) in [6, 6.07) is 112. The highest BCUT2D eigenvalue weighted by molar-refractivity contribution is 8.00. The van der Waals surface area contributed by atoms with E-state index >= 15 is 0 Å². The normalized spacial score (nSPS) is 14.4. The number of para-hydroxylation sites is 3. The Morgan fingerprint density at radius 3 is 1.28 bits per heavy atom. The average Bonchev–Trinajstić information content (AvgIpc) is 0.743. The molecular formula is C91H63B2N3S. The fourth-order valence-electron chi connectivity index (χ4n) is 17.9. The van der Waals surface area contributed by atoms with Gasteiger partial charge < -0.3 is 14.7 Å². The van der Waals surface area contributed by atoms with Gasteiger partial charge in [0.15, 0.2) is 0 Å². The third-order valence-electron chi connectivity index (χ3n) is 22.6. The quantitative estimate of drug-likeness (QED) is 0.129. The Labute approximate surface area is 570 Å². The van der Waals surface area contributed by atoms with Crippen molar-refractivity contribution in [2.45, 2.75) is 55.2 Å². The molecule has 6 heterocycles. The Hall–Kier alpha value is -11.0. The van der Waals surface area contributed by atoms with E-state index in [0.717, 1.165) is 11.4 Å². The van der Waals surface area contributed by atoms with Gasteiger partial charge in [0.05, 0.1) is 5.69 Å². The van der Waals surface area contributed by atoms with Crippen molar-refractivity contribution in [2.24, 2.45) is 0 Å². The lowest BCUT2D eigenvalue weighted by Crippen LogP contribution is -2.64. The highest BCUT2D eigenvalue weighted by Crippen LogP contribution is 2.54. The second-order valence-electron chi connectivity index (χ2n) is 29.0. The first-order chi connectivity index (χ1) is 47.5. The zero-order valence-corrected chi connectivity index (χ0v) is 55.4. The molecule has 6 aliphatic heterocycles. The van der Waals surface area contributed by atoms with E-state index in [1.807, 2.05) is 11.8 Å². The second-order valence-corrected chi connectivity index (χ2v) is 30.1. The molecule has 6 heteroatoms. The molecule has 0 amide bonds. The first-order valence-corrected chi connectivity index (χ1v) is 35.1. The molecule has 0 spiro atoms. The van der Waals surface area contributed by atoms with Crippen molar-refractivity contribution in [1.82, 2.24) is 0 Å². The summed E-state index contributed by atoms with van der Waals surface area (Å²) >= 11 is 1.97. The molecule has 0 atom stereocenters. The third kappa shape index (κ3) is 7.73. The van der Waals surface area contributed by atoms with Crippen molar-refractivity contribution in [1.29, 1.82) is 0 Å². The van der Waals surface area contributed by atoms with E-state index in [1.165, 1.54) is 186 Å². The molecule has 0 unspecified atom stereocenters. The number of hydrogen-bond donors (Lipinski definition) is 0. The third-order valence-corrected chi connectivity index (χ3v) is 23.7. The SMILES string of the molecule is CC(C)(C)c1cc2c3c(c1)N(c1ccc4c5ccccc5c5ccccc5c4c1)c1cc4c(cc1B3c1ccccc1N2c1ccc2c3ccccc3c3ccccc3c2c1)B1c2ccccc2N2c3cc(cc(c31)S4)C(C)(C)c1ccc(cc1)-c1cccc(-c3ccccc3)c12. The maximum absolute atomic E-state index is 2.70. The van der Waals surface area contributed by atoms with Gasteiger partial charge in [0.2, 0.25) is 6.71 Å². The van der Waals surface area contributed by atoms with Gasteiger partial charge in [-0.1, -0.05) is 276 Å². The number of nitrogens with zero attached hydrogens (tertiary/aromatic N) is 3. The summed E-state index contributed by atoms with van der Waals surface area (Å²) in [5.41, 5.74) is 27.0. The minimum atomic E-state index is -0.316. The molecule has 97 heavy (non-hydrogen) atoms. The standard InChI is InChI=1S/C91H63B2N3S/c1-90(2,3)57-46-82-87-83(47-57)95(60-43-45-72-68-29-12-10-25-64(68)66-27-14-16-31-70(66)74(72)51-60)81-53-85-78(52-77(81)92(87)75-34-17-19-36-79(75)94(82)59-42-44-71-67-28-11-9-24-63(67)65-26-13-15-30-69(65)73(71)50-59)93-76-35-18-20-37-80(76)96-84-48-58(49-86(97-85)88(84)93)91(4,5)56-40-38-55(39-41-56)62-33-21-32-61(89(62)96)54-22-7-6-8-23-54/h6-53H,1-5H3. The van der Waals surface area contributed by atoms with Gasteiger partial charge in [0.1, 0.15) is 0 Å². The Balaban J connectivity index is 0.859. The Bertz CT molecular complexity index is 6100. The average molecular weight is 1250 g/mol. The van der Waals surface area contributed by atoms with Crippen molar-refractivity contribution in [3.05, 3.63) is 308 Å². The van der Waals surface area contributed by atoms with Crippen LogP contribution in [0, 0.1) is 0 Å². The predicted octanol–water partition coefficient (Wildman–Crippen LogP) is 20.7. The molecule has 0 saturated heterocycles. The van der Waals surface area contributed by atoms with Gasteiger partial charge in [0, 0.05) is 71.8 Å². The van der Waals surface area contributed by atoms with Crippen LogP contribution in [0.4, 0.5) is 51.2 Å². The monoisotopic (exact) mass is 1250 g/mol. The molecule has 16 aromatic rings. The lowest BCUT2D eigenvalue weighted by atomic mass is 9.31. The minimum Gasteiger partial charge on any atom is -0.311 e. The zero-order valence-electron chi connectivity index (χ0n) is 54.6. The molecule has 4 bridgehead atoms. The summed E-state index contributed by atoms with van der Waals surface area (Å²) < 4.78 is 0. The fraction of sp³-hybridized carbons (Fsp3) is 0.0769. The van der Waals surface area contributed by atoms with Crippen LogP contribution >= 0.6 is 11.8 Å². The maximum atomic E-state index is 2.70. The van der Waals surface area contributed by atoms with E-state index in [1.54, 1.807) is 0 Å². The zero-order chi connectivity index (χ0) is 64.3. The summed E-state index contributed by atoms with van der Waals surface area (Å²) in [6.07, 6.45) is 0. The van der Waals surface area contributed by atoms with Crippen LogP contribution in [0.2, 0.25) is 0 Å². The molecule has 3 nitrogen and oxygen atoms in total. The van der Waals surface area contributed by atoms with Crippen molar-refractivity contribution in [3.63, 3.8) is 0 Å². The number of benzene rings is 16. The van der Waals surface area contributed by atoms with Gasteiger partial charge in [-0.05, 0) is 192 Å². The molecule has 0 radical (unpaired) electrons. The van der Waals surface area contributed by atoms with Crippen LogP contribution in [0.25, 0.3) is 86.9 Å². The topological polar surface area (TPSA) is 9.72 Å². The first-order valence-electron chi connectivity index (χ1n) is 34.3. The van der Waals surface area contributed by atoms with Crippen LogP contribution in [0.5, 0.6) is 0 Å². The molecule has 454 valence electrons. The lowest BCUT2D eigenvalue weighted by molar-refractivity contribution is 0.590. The summed E-state index contributed by atoms with van der Waals surface area (Å²) in [5.74, 6) is 0. The second kappa shape index (κ2) is 20.0. The van der Waals surface area contributed by atoms with Crippen LogP contribution in [0.15, 0.2) is 301 Å². The number of hydrogen-bond acceptors (Lipinski definition) is 4. The fourth-order valence-corrected chi connectivity index (χ4v) is 19.1. The first kappa shape index (κ1) is 55.3. The van der Waals surface area contributed by atoms with E-state index < -0.39 is 0 Å². The molecule has 6 aliphatic rings. The van der Waals surface area contributed by atoms with Crippen molar-refractivity contribution < 1.29 is 0 Å². The number of rotatable bonds is 3. The summed E-state index contributed by atoms with van der Waals surface area (Å²) in [6.45, 7) is 11.8. The molecule has 0 aliphatic carbocycles. The minimum absolute atomic E-state index is 0.0707. The Morgan fingerprint density at radius 2 is 0.742 bits per heavy atom. The van der Waals surface area contributed by atoms with Crippen LogP contribution in [-0.2, 0) is 10.8 Å². The smallest absolute Gasteiger partial charge is 0.252 e. The molecular weight excluding hydrogens is 1190 g/mol. The van der Waals surface area contributed by atoms with Gasteiger partial charge >= 0.3 is 0 Å². The van der Waals surface area contributed by atoms with Crippen LogP contribution < -0.4 is 47.5 Å². The van der Waals surface area contributed by atoms with E-state index in [2.05, 4.69) is 341 Å². The van der Waals surface area contributed by atoms with Gasteiger partial charge in [-0.2, -0.15) is 0 Å². The van der Waals surface area contributed by atoms with E-state index in [9.17, 15) is 0 Å². The summed E-state index contributed by atoms with van der Waals surface area (Å²) in [5, 5.41) is 15.2. The van der Waals surface area contributed by atoms with Gasteiger partial charge in [-0.25, -0.2) is 0 Å². The van der Waals surface area contributed by atoms with E-state index in [-0.39, 0.29) is 24.3 Å². The molecule has 0 saturated carbocycles. The Kier molecular flexibility index (Phi) is 11.4. The van der Waals surface area contributed by atoms with Crippen molar-refractivity contribution >= 4 is 174 Å². The van der Waals surface area contributed by atoms with E-state index in [0.29, 0.717) is 0 Å². The maximum Gasteiger partial charge on any atom is 0.252 e. The lowest BCUT2D eigenvalue weighted by Gasteiger charge is -2.46.